The highest BCUT2D eigenvalue weighted by atomic mass is 79.9. The van der Waals surface area contributed by atoms with Gasteiger partial charge in [-0.25, -0.2) is 0 Å². The summed E-state index contributed by atoms with van der Waals surface area (Å²) in [6, 6.07) is 6.00. The number of fused-ring (bicyclic) bond motifs is 1. The van der Waals surface area contributed by atoms with E-state index < -0.39 is 0 Å². The first-order valence-electron chi connectivity index (χ1n) is 5.26. The summed E-state index contributed by atoms with van der Waals surface area (Å²) in [5.41, 5.74) is 3.12. The van der Waals surface area contributed by atoms with Gasteiger partial charge in [-0.3, -0.25) is 4.98 Å². The van der Waals surface area contributed by atoms with Crippen LogP contribution in [0.15, 0.2) is 22.7 Å². The summed E-state index contributed by atoms with van der Waals surface area (Å²) in [5, 5.41) is 1.85. The van der Waals surface area contributed by atoms with E-state index in [4.69, 9.17) is 11.6 Å². The lowest BCUT2D eigenvalue weighted by molar-refractivity contribution is 0.848. The predicted octanol–water partition coefficient (Wildman–Crippen LogP) is 5.08. The minimum Gasteiger partial charge on any atom is -0.253 e. The molecule has 0 aliphatic heterocycles. The lowest BCUT2D eigenvalue weighted by atomic mass is 9.99. The number of hydrogen-bond acceptors (Lipinski definition) is 1. The third-order valence-electron chi connectivity index (χ3n) is 2.69. The van der Waals surface area contributed by atoms with Gasteiger partial charge in [-0.2, -0.15) is 0 Å². The summed E-state index contributed by atoms with van der Waals surface area (Å²) in [6.07, 6.45) is 0. The molecule has 1 aromatic carbocycles. The van der Waals surface area contributed by atoms with E-state index in [0.717, 1.165) is 31.7 Å². The van der Waals surface area contributed by atoms with E-state index in [1.165, 1.54) is 0 Å². The topological polar surface area (TPSA) is 12.9 Å². The number of pyridine rings is 1. The summed E-state index contributed by atoms with van der Waals surface area (Å²) in [6.45, 7) is 6.29. The van der Waals surface area contributed by atoms with Gasteiger partial charge in [-0.15, -0.1) is 0 Å². The Labute approximate surface area is 109 Å². The van der Waals surface area contributed by atoms with Gasteiger partial charge in [-0.05, 0) is 36.6 Å². The highest BCUT2D eigenvalue weighted by molar-refractivity contribution is 9.10. The summed E-state index contributed by atoms with van der Waals surface area (Å²) >= 11 is 9.91. The van der Waals surface area contributed by atoms with E-state index in [9.17, 15) is 0 Å². The van der Waals surface area contributed by atoms with E-state index >= 15 is 0 Å². The first-order chi connectivity index (χ1) is 7.50. The monoisotopic (exact) mass is 297 g/mol. The molecule has 0 fully saturated rings. The fraction of sp³-hybridized carbons (Fsp3) is 0.308. The van der Waals surface area contributed by atoms with Gasteiger partial charge in [0, 0.05) is 15.6 Å². The molecule has 0 spiro atoms. The standard InChI is InChI=1S/C13H13BrClN/c1-7(2)12-8(3)16-11-5-4-9(14)6-10(11)13(12)15/h4-7H,1-3H3. The number of nitrogens with zero attached hydrogens (tertiary/aromatic N) is 1. The molecule has 0 radical (unpaired) electrons. The SMILES string of the molecule is Cc1nc2ccc(Br)cc2c(Cl)c1C(C)C. The summed E-state index contributed by atoms with van der Waals surface area (Å²) < 4.78 is 1.03. The average Bonchev–Trinajstić information content (AvgIpc) is 2.19. The first-order valence-corrected chi connectivity index (χ1v) is 6.43. The third kappa shape index (κ3) is 1.96. The Morgan fingerprint density at radius 1 is 1.31 bits per heavy atom. The first kappa shape index (κ1) is 11.9. The van der Waals surface area contributed by atoms with Crippen LogP contribution in [0.4, 0.5) is 0 Å². The van der Waals surface area contributed by atoms with Gasteiger partial charge in [0.25, 0.3) is 0 Å². The highest BCUT2D eigenvalue weighted by Gasteiger charge is 2.13. The van der Waals surface area contributed by atoms with Crippen molar-refractivity contribution in [3.8, 4) is 0 Å². The van der Waals surface area contributed by atoms with Crippen molar-refractivity contribution in [2.45, 2.75) is 26.7 Å². The molecule has 84 valence electrons. The van der Waals surface area contributed by atoms with Gasteiger partial charge in [0.15, 0.2) is 0 Å². The van der Waals surface area contributed by atoms with Crippen LogP contribution in [0, 0.1) is 6.92 Å². The Balaban J connectivity index is 2.85. The lowest BCUT2D eigenvalue weighted by Gasteiger charge is -2.13. The quantitative estimate of drug-likeness (QED) is 0.715. The van der Waals surface area contributed by atoms with E-state index in [1.807, 2.05) is 25.1 Å². The molecule has 1 aromatic heterocycles. The lowest BCUT2D eigenvalue weighted by Crippen LogP contribution is -1.98. The van der Waals surface area contributed by atoms with Crippen LogP contribution >= 0.6 is 27.5 Å². The van der Waals surface area contributed by atoms with Crippen molar-refractivity contribution in [3.63, 3.8) is 0 Å². The third-order valence-corrected chi connectivity index (χ3v) is 3.59. The van der Waals surface area contributed by atoms with Crippen LogP contribution in [-0.2, 0) is 0 Å². The predicted molar refractivity (Wildman–Crippen MR) is 73.3 cm³/mol. The Kier molecular flexibility index (Phi) is 3.22. The van der Waals surface area contributed by atoms with Gasteiger partial charge < -0.3 is 0 Å². The number of aromatic nitrogens is 1. The van der Waals surface area contributed by atoms with E-state index in [0.29, 0.717) is 5.92 Å². The minimum absolute atomic E-state index is 0.392. The molecule has 0 bridgehead atoms. The van der Waals surface area contributed by atoms with Crippen LogP contribution in [0.2, 0.25) is 5.02 Å². The molecule has 0 aliphatic rings. The van der Waals surface area contributed by atoms with Gasteiger partial charge in [-0.1, -0.05) is 41.4 Å². The molecule has 0 amide bonds. The minimum atomic E-state index is 0.392. The molecule has 1 nitrogen and oxygen atoms in total. The number of hydrogen-bond donors (Lipinski definition) is 0. The molecular formula is C13H13BrClN. The molecule has 1 heterocycles. The van der Waals surface area contributed by atoms with Crippen molar-refractivity contribution < 1.29 is 0 Å². The molecule has 0 saturated carbocycles. The number of aryl methyl sites for hydroxylation is 1. The van der Waals surface area contributed by atoms with Gasteiger partial charge >= 0.3 is 0 Å². The van der Waals surface area contributed by atoms with Crippen LogP contribution in [0.25, 0.3) is 10.9 Å². The zero-order chi connectivity index (χ0) is 11.9. The molecule has 0 aliphatic carbocycles. The number of benzene rings is 1. The normalized spacial score (nSPS) is 11.4. The molecule has 0 N–H and O–H groups in total. The molecular weight excluding hydrogens is 286 g/mol. The maximum atomic E-state index is 6.45. The molecule has 2 rings (SSSR count). The van der Waals surface area contributed by atoms with Crippen molar-refractivity contribution in [2.24, 2.45) is 0 Å². The maximum absolute atomic E-state index is 6.45. The van der Waals surface area contributed by atoms with Crippen LogP contribution < -0.4 is 0 Å². The molecule has 2 aromatic rings. The summed E-state index contributed by atoms with van der Waals surface area (Å²) in [5.74, 6) is 0.392. The van der Waals surface area contributed by atoms with Crippen LogP contribution in [-0.4, -0.2) is 4.98 Å². The second-order valence-electron chi connectivity index (χ2n) is 4.24. The van der Waals surface area contributed by atoms with Crippen molar-refractivity contribution >= 4 is 38.4 Å². The molecule has 0 unspecified atom stereocenters. The Bertz CT molecular complexity index is 549. The largest absolute Gasteiger partial charge is 0.253 e. The van der Waals surface area contributed by atoms with E-state index in [1.54, 1.807) is 0 Å². The van der Waals surface area contributed by atoms with Crippen molar-refractivity contribution in [1.82, 2.24) is 4.98 Å². The fourth-order valence-electron chi connectivity index (χ4n) is 2.00. The van der Waals surface area contributed by atoms with E-state index in [2.05, 4.69) is 34.8 Å². The van der Waals surface area contributed by atoms with Crippen LogP contribution in [0.1, 0.15) is 31.0 Å². The Morgan fingerprint density at radius 2 is 2.00 bits per heavy atom. The highest BCUT2D eigenvalue weighted by Crippen LogP contribution is 2.34. The average molecular weight is 299 g/mol. The number of rotatable bonds is 1. The van der Waals surface area contributed by atoms with Gasteiger partial charge in [0.2, 0.25) is 0 Å². The molecule has 0 saturated heterocycles. The second-order valence-corrected chi connectivity index (χ2v) is 5.53. The zero-order valence-corrected chi connectivity index (χ0v) is 11.9. The molecule has 16 heavy (non-hydrogen) atoms. The Hall–Kier alpha value is -0.600. The fourth-order valence-corrected chi connectivity index (χ4v) is 2.87. The van der Waals surface area contributed by atoms with Crippen molar-refractivity contribution in [1.29, 1.82) is 0 Å². The molecule has 3 heteroatoms. The van der Waals surface area contributed by atoms with Crippen molar-refractivity contribution in [3.05, 3.63) is 39.0 Å². The number of halogens is 2. The summed E-state index contributed by atoms with van der Waals surface area (Å²) in [7, 11) is 0. The summed E-state index contributed by atoms with van der Waals surface area (Å²) in [4.78, 5) is 4.59. The van der Waals surface area contributed by atoms with Crippen LogP contribution in [0.3, 0.4) is 0 Å². The Morgan fingerprint density at radius 3 is 2.62 bits per heavy atom. The van der Waals surface area contributed by atoms with Crippen LogP contribution in [0.5, 0.6) is 0 Å². The zero-order valence-electron chi connectivity index (χ0n) is 9.51. The second kappa shape index (κ2) is 4.34. The van der Waals surface area contributed by atoms with E-state index in [-0.39, 0.29) is 0 Å². The van der Waals surface area contributed by atoms with Gasteiger partial charge in [0.05, 0.1) is 10.5 Å². The van der Waals surface area contributed by atoms with Gasteiger partial charge in [0.1, 0.15) is 0 Å². The smallest absolute Gasteiger partial charge is 0.0721 e. The molecule has 0 atom stereocenters. The maximum Gasteiger partial charge on any atom is 0.0721 e. The van der Waals surface area contributed by atoms with Crippen molar-refractivity contribution in [2.75, 3.05) is 0 Å².